The fraction of sp³-hybridized carbons (Fsp3) is 0.600. The van der Waals surface area contributed by atoms with Crippen molar-refractivity contribution in [3.63, 3.8) is 0 Å². The molecule has 3 heteroatoms. The minimum absolute atomic E-state index is 0.0960. The van der Waals surface area contributed by atoms with Gasteiger partial charge >= 0.3 is 0 Å². The van der Waals surface area contributed by atoms with Crippen molar-refractivity contribution in [1.82, 2.24) is 5.32 Å². The normalized spacial score (nSPS) is 13.6. The highest BCUT2D eigenvalue weighted by Crippen LogP contribution is 2.22. The van der Waals surface area contributed by atoms with Gasteiger partial charge in [0.25, 0.3) is 0 Å². The van der Waals surface area contributed by atoms with Crippen molar-refractivity contribution in [3.8, 4) is 0 Å². The molecular formula is C10H17NOS. The van der Waals surface area contributed by atoms with Crippen LogP contribution in [0, 0.1) is 6.92 Å². The molecular weight excluding hydrogens is 182 g/mol. The van der Waals surface area contributed by atoms with E-state index in [4.69, 9.17) is 0 Å². The van der Waals surface area contributed by atoms with Crippen molar-refractivity contribution in [2.45, 2.75) is 32.9 Å². The van der Waals surface area contributed by atoms with Crippen molar-refractivity contribution in [3.05, 3.63) is 21.9 Å². The van der Waals surface area contributed by atoms with Crippen LogP contribution in [0.3, 0.4) is 0 Å². The van der Waals surface area contributed by atoms with Gasteiger partial charge in [-0.2, -0.15) is 0 Å². The summed E-state index contributed by atoms with van der Waals surface area (Å²) in [6.45, 7) is 6.42. The Bertz CT molecular complexity index is 257. The summed E-state index contributed by atoms with van der Waals surface area (Å²) < 4.78 is 0. The molecule has 0 radical (unpaired) electrons. The molecule has 0 aliphatic rings. The molecule has 1 atom stereocenters. The monoisotopic (exact) mass is 199 g/mol. The Morgan fingerprint density at radius 2 is 2.15 bits per heavy atom. The van der Waals surface area contributed by atoms with Gasteiger partial charge in [-0.05, 0) is 19.1 Å². The van der Waals surface area contributed by atoms with Crippen LogP contribution in [-0.4, -0.2) is 17.8 Å². The molecule has 2 N–H and O–H groups in total. The number of thiophene rings is 1. The molecule has 0 fully saturated rings. The zero-order chi connectivity index (χ0) is 9.84. The van der Waals surface area contributed by atoms with Gasteiger partial charge in [0.15, 0.2) is 0 Å². The summed E-state index contributed by atoms with van der Waals surface area (Å²) >= 11 is 1.74. The number of nitrogens with one attached hydrogen (secondary N) is 1. The number of aryl methyl sites for hydroxylation is 1. The van der Waals surface area contributed by atoms with E-state index in [1.54, 1.807) is 11.3 Å². The maximum Gasteiger partial charge on any atom is 0.0651 e. The first-order valence-corrected chi connectivity index (χ1v) is 5.38. The van der Waals surface area contributed by atoms with E-state index in [0.717, 1.165) is 0 Å². The molecule has 0 aromatic carbocycles. The van der Waals surface area contributed by atoms with Crippen LogP contribution < -0.4 is 5.32 Å². The lowest BCUT2D eigenvalue weighted by molar-refractivity contribution is 0.239. The third kappa shape index (κ3) is 3.10. The number of rotatable bonds is 4. The molecule has 1 aromatic heterocycles. The van der Waals surface area contributed by atoms with E-state index in [2.05, 4.69) is 38.2 Å². The molecule has 74 valence electrons. The topological polar surface area (TPSA) is 32.3 Å². The molecule has 0 bridgehead atoms. The Balaban J connectivity index is 2.66. The van der Waals surface area contributed by atoms with E-state index >= 15 is 0 Å². The van der Waals surface area contributed by atoms with E-state index in [1.165, 1.54) is 9.75 Å². The molecule has 0 saturated carbocycles. The van der Waals surface area contributed by atoms with Gasteiger partial charge in [0.2, 0.25) is 0 Å². The predicted molar refractivity (Wildman–Crippen MR) is 57.2 cm³/mol. The second-order valence-corrected chi connectivity index (χ2v) is 4.82. The van der Waals surface area contributed by atoms with Gasteiger partial charge in [-0.25, -0.2) is 0 Å². The number of hydrogen-bond acceptors (Lipinski definition) is 3. The highest BCUT2D eigenvalue weighted by Gasteiger charge is 2.12. The highest BCUT2D eigenvalue weighted by molar-refractivity contribution is 7.12. The van der Waals surface area contributed by atoms with Crippen molar-refractivity contribution < 1.29 is 5.11 Å². The minimum atomic E-state index is 0.0960. The molecule has 0 aliphatic carbocycles. The fourth-order valence-electron chi connectivity index (χ4n) is 1.27. The Morgan fingerprint density at radius 3 is 2.54 bits per heavy atom. The second-order valence-electron chi connectivity index (χ2n) is 3.50. The number of aliphatic hydroxyl groups is 1. The molecule has 0 saturated heterocycles. The minimum Gasteiger partial charge on any atom is -0.394 e. The molecule has 2 nitrogen and oxygen atoms in total. The molecule has 1 heterocycles. The molecule has 1 aromatic rings. The maximum absolute atomic E-state index is 9.18. The van der Waals surface area contributed by atoms with Gasteiger partial charge < -0.3 is 10.4 Å². The SMILES string of the molecule is Cc1ccc(C(CO)NC(C)C)s1. The Labute approximate surface area is 83.6 Å². The van der Waals surface area contributed by atoms with E-state index in [-0.39, 0.29) is 12.6 Å². The van der Waals surface area contributed by atoms with E-state index in [1.807, 2.05) is 0 Å². The van der Waals surface area contributed by atoms with Gasteiger partial charge in [-0.1, -0.05) is 13.8 Å². The third-order valence-electron chi connectivity index (χ3n) is 1.82. The van der Waals surface area contributed by atoms with Gasteiger partial charge in [0, 0.05) is 15.8 Å². The molecule has 1 rings (SSSR count). The molecule has 0 amide bonds. The zero-order valence-electron chi connectivity index (χ0n) is 8.37. The first-order chi connectivity index (χ1) is 6.13. The summed E-state index contributed by atoms with van der Waals surface area (Å²) in [5.74, 6) is 0. The first-order valence-electron chi connectivity index (χ1n) is 4.56. The second kappa shape index (κ2) is 4.74. The molecule has 0 aliphatic heterocycles. The van der Waals surface area contributed by atoms with Crippen LogP contribution in [0.15, 0.2) is 12.1 Å². The lowest BCUT2D eigenvalue weighted by atomic mass is 10.2. The number of aliphatic hydroxyl groups excluding tert-OH is 1. The van der Waals surface area contributed by atoms with Crippen LogP contribution in [0.2, 0.25) is 0 Å². The van der Waals surface area contributed by atoms with Gasteiger partial charge in [-0.15, -0.1) is 11.3 Å². The van der Waals surface area contributed by atoms with Crippen molar-refractivity contribution in [2.24, 2.45) is 0 Å². The van der Waals surface area contributed by atoms with Crippen LogP contribution in [0.1, 0.15) is 29.6 Å². The average molecular weight is 199 g/mol. The van der Waals surface area contributed by atoms with Crippen LogP contribution >= 0.6 is 11.3 Å². The van der Waals surface area contributed by atoms with Crippen LogP contribution in [0.4, 0.5) is 0 Å². The summed E-state index contributed by atoms with van der Waals surface area (Å²) in [6.07, 6.45) is 0. The Morgan fingerprint density at radius 1 is 1.46 bits per heavy atom. The highest BCUT2D eigenvalue weighted by atomic mass is 32.1. The summed E-state index contributed by atoms with van der Waals surface area (Å²) in [7, 11) is 0. The standard InChI is InChI=1S/C10H17NOS/c1-7(2)11-9(6-12)10-5-4-8(3)13-10/h4-5,7,9,11-12H,6H2,1-3H3. The lowest BCUT2D eigenvalue weighted by Crippen LogP contribution is -2.29. The van der Waals surface area contributed by atoms with Crippen molar-refractivity contribution in [1.29, 1.82) is 0 Å². The average Bonchev–Trinajstić information content (AvgIpc) is 2.47. The van der Waals surface area contributed by atoms with Gasteiger partial charge in [-0.3, -0.25) is 0 Å². The molecule has 13 heavy (non-hydrogen) atoms. The van der Waals surface area contributed by atoms with E-state index in [0.29, 0.717) is 6.04 Å². The maximum atomic E-state index is 9.18. The smallest absolute Gasteiger partial charge is 0.0651 e. The fourth-order valence-corrected chi connectivity index (χ4v) is 2.20. The van der Waals surface area contributed by atoms with Crippen molar-refractivity contribution >= 4 is 11.3 Å². The quantitative estimate of drug-likeness (QED) is 0.778. The molecule has 0 spiro atoms. The Kier molecular flexibility index (Phi) is 3.90. The summed E-state index contributed by atoms with van der Waals surface area (Å²) in [5.41, 5.74) is 0. The van der Waals surface area contributed by atoms with E-state index < -0.39 is 0 Å². The lowest BCUT2D eigenvalue weighted by Gasteiger charge is -2.17. The van der Waals surface area contributed by atoms with Gasteiger partial charge in [0.1, 0.15) is 0 Å². The summed E-state index contributed by atoms with van der Waals surface area (Å²) in [4.78, 5) is 2.51. The van der Waals surface area contributed by atoms with Gasteiger partial charge in [0.05, 0.1) is 12.6 Å². The third-order valence-corrected chi connectivity index (χ3v) is 2.94. The Hall–Kier alpha value is -0.380. The molecule has 1 unspecified atom stereocenters. The van der Waals surface area contributed by atoms with Crippen LogP contribution in [0.5, 0.6) is 0 Å². The van der Waals surface area contributed by atoms with Crippen LogP contribution in [-0.2, 0) is 0 Å². The number of hydrogen-bond donors (Lipinski definition) is 2. The van der Waals surface area contributed by atoms with E-state index in [9.17, 15) is 5.11 Å². The predicted octanol–water partition coefficient (Wildman–Crippen LogP) is 2.09. The first kappa shape index (κ1) is 10.7. The van der Waals surface area contributed by atoms with Crippen LogP contribution in [0.25, 0.3) is 0 Å². The largest absolute Gasteiger partial charge is 0.394 e. The van der Waals surface area contributed by atoms with Crippen molar-refractivity contribution in [2.75, 3.05) is 6.61 Å². The zero-order valence-corrected chi connectivity index (χ0v) is 9.19. The summed E-state index contributed by atoms with van der Waals surface area (Å²) in [5, 5.41) is 12.5. The summed E-state index contributed by atoms with van der Waals surface area (Å²) in [6, 6.07) is 4.67.